The lowest BCUT2D eigenvalue weighted by molar-refractivity contribution is 0.0677. The summed E-state index contributed by atoms with van der Waals surface area (Å²) < 4.78 is 23.3. The van der Waals surface area contributed by atoms with Gasteiger partial charge in [-0.2, -0.15) is 0 Å². The monoisotopic (exact) mass is 352 g/mol. The summed E-state index contributed by atoms with van der Waals surface area (Å²) in [7, 11) is -1.18. The molecule has 7 nitrogen and oxygen atoms in total. The minimum Gasteiger partial charge on any atom is -0.340 e. The van der Waals surface area contributed by atoms with Gasteiger partial charge in [-0.1, -0.05) is 6.92 Å². The molecule has 8 heteroatoms. The molecule has 0 radical (unpaired) electrons. The number of hydrogen-bond acceptors (Lipinski definition) is 6. The lowest BCUT2D eigenvalue weighted by Crippen LogP contribution is -2.40. The largest absolute Gasteiger partial charge is 0.340 e. The van der Waals surface area contributed by atoms with E-state index in [1.54, 1.807) is 24.2 Å². The Morgan fingerprint density at radius 3 is 2.83 bits per heavy atom. The first kappa shape index (κ1) is 17.1. The van der Waals surface area contributed by atoms with E-state index in [9.17, 15) is 13.2 Å². The molecule has 132 valence electrons. The van der Waals surface area contributed by atoms with Gasteiger partial charge in [-0.05, 0) is 31.2 Å². The van der Waals surface area contributed by atoms with Gasteiger partial charge < -0.3 is 9.80 Å². The Morgan fingerprint density at radius 2 is 2.17 bits per heavy atom. The van der Waals surface area contributed by atoms with Gasteiger partial charge in [0, 0.05) is 32.4 Å². The number of aromatic nitrogens is 2. The third-order valence-corrected chi connectivity index (χ3v) is 6.63. The molecule has 2 unspecified atom stereocenters. The molecular formula is C16H24N4O3S. The second-order valence-electron chi connectivity index (χ2n) is 6.91. The fraction of sp³-hybridized carbons (Fsp3) is 0.688. The lowest BCUT2D eigenvalue weighted by atomic mass is 10.00. The predicted molar refractivity (Wildman–Crippen MR) is 91.8 cm³/mol. The molecule has 1 amide bonds. The number of likely N-dealkylation sites (tertiary alicyclic amines) is 1. The number of sulfone groups is 1. The molecule has 3 rings (SSSR count). The number of rotatable bonds is 3. The van der Waals surface area contributed by atoms with Crippen LogP contribution in [0.25, 0.3) is 0 Å². The van der Waals surface area contributed by atoms with E-state index in [0.29, 0.717) is 24.0 Å². The van der Waals surface area contributed by atoms with Gasteiger partial charge in [-0.3, -0.25) is 4.79 Å². The van der Waals surface area contributed by atoms with Gasteiger partial charge >= 0.3 is 0 Å². The van der Waals surface area contributed by atoms with Crippen LogP contribution >= 0.6 is 0 Å². The number of hydrogen-bond donors (Lipinski definition) is 0. The van der Waals surface area contributed by atoms with Crippen molar-refractivity contribution in [2.24, 2.45) is 5.92 Å². The standard InChI is InChI=1S/C16H24N4O3S/c1-12-4-3-8-20(10-12)15(21)14-5-7-17-16(18-14)19(2)13-6-9-24(22,23)11-13/h5,7,12-13H,3-4,6,8-11H2,1-2H3. The maximum absolute atomic E-state index is 12.7. The highest BCUT2D eigenvalue weighted by Crippen LogP contribution is 2.21. The molecule has 2 atom stereocenters. The van der Waals surface area contributed by atoms with Crippen molar-refractivity contribution in [1.29, 1.82) is 0 Å². The van der Waals surface area contributed by atoms with Gasteiger partial charge in [-0.25, -0.2) is 18.4 Å². The molecule has 3 heterocycles. The molecule has 1 aromatic rings. The summed E-state index contributed by atoms with van der Waals surface area (Å²) in [5, 5.41) is 0. The van der Waals surface area contributed by atoms with Crippen LogP contribution in [0.4, 0.5) is 5.95 Å². The molecule has 0 aliphatic carbocycles. The molecule has 0 aromatic carbocycles. The summed E-state index contributed by atoms with van der Waals surface area (Å²) in [4.78, 5) is 24.9. The van der Waals surface area contributed by atoms with Gasteiger partial charge in [0.25, 0.3) is 5.91 Å². The number of nitrogens with zero attached hydrogens (tertiary/aromatic N) is 4. The highest BCUT2D eigenvalue weighted by atomic mass is 32.2. The SMILES string of the molecule is CC1CCCN(C(=O)c2ccnc(N(C)C3CCS(=O)(=O)C3)n2)C1. The van der Waals surface area contributed by atoms with Gasteiger partial charge in [0.15, 0.2) is 9.84 Å². The van der Waals surface area contributed by atoms with Crippen LogP contribution in [0.2, 0.25) is 0 Å². The Morgan fingerprint density at radius 1 is 1.38 bits per heavy atom. The van der Waals surface area contributed by atoms with Crippen molar-refractivity contribution in [1.82, 2.24) is 14.9 Å². The van der Waals surface area contributed by atoms with Crippen LogP contribution in [0.1, 0.15) is 36.7 Å². The average molecular weight is 352 g/mol. The Bertz CT molecular complexity index is 722. The minimum absolute atomic E-state index is 0.0716. The lowest BCUT2D eigenvalue weighted by Gasteiger charge is -2.31. The maximum Gasteiger partial charge on any atom is 0.272 e. The number of piperidine rings is 1. The second kappa shape index (κ2) is 6.66. The Labute approximate surface area is 143 Å². The summed E-state index contributed by atoms with van der Waals surface area (Å²) in [6.07, 6.45) is 4.31. The summed E-state index contributed by atoms with van der Waals surface area (Å²) >= 11 is 0. The number of amides is 1. The Kier molecular flexibility index (Phi) is 4.76. The first-order chi connectivity index (χ1) is 11.4. The first-order valence-electron chi connectivity index (χ1n) is 8.41. The van der Waals surface area contributed by atoms with Crippen LogP contribution in [0, 0.1) is 5.92 Å². The van der Waals surface area contributed by atoms with Crippen LogP contribution in [0.15, 0.2) is 12.3 Å². The number of anilines is 1. The number of carbonyl (C=O) groups is 1. The van der Waals surface area contributed by atoms with Gasteiger partial charge in [0.2, 0.25) is 5.95 Å². The van der Waals surface area contributed by atoms with Gasteiger partial charge in [0.1, 0.15) is 5.69 Å². The molecule has 0 saturated carbocycles. The quantitative estimate of drug-likeness (QED) is 0.806. The van der Waals surface area contributed by atoms with Crippen LogP contribution in [-0.4, -0.2) is 66.9 Å². The van der Waals surface area contributed by atoms with E-state index >= 15 is 0 Å². The predicted octanol–water partition coefficient (Wildman–Crippen LogP) is 0.972. The van der Waals surface area contributed by atoms with E-state index in [1.165, 1.54) is 0 Å². The molecule has 2 saturated heterocycles. The van der Waals surface area contributed by atoms with E-state index in [1.807, 2.05) is 4.90 Å². The summed E-state index contributed by atoms with van der Waals surface area (Å²) in [6.45, 7) is 3.67. The van der Waals surface area contributed by atoms with Crippen molar-refractivity contribution in [3.63, 3.8) is 0 Å². The number of carbonyl (C=O) groups excluding carboxylic acids is 1. The topological polar surface area (TPSA) is 83.5 Å². The van der Waals surface area contributed by atoms with Crippen LogP contribution < -0.4 is 4.90 Å². The van der Waals surface area contributed by atoms with Crippen LogP contribution in [0.5, 0.6) is 0 Å². The van der Waals surface area contributed by atoms with E-state index in [2.05, 4.69) is 16.9 Å². The highest BCUT2D eigenvalue weighted by molar-refractivity contribution is 7.91. The van der Waals surface area contributed by atoms with Crippen molar-refractivity contribution in [2.45, 2.75) is 32.2 Å². The first-order valence-corrected chi connectivity index (χ1v) is 10.2. The minimum atomic E-state index is -2.97. The second-order valence-corrected chi connectivity index (χ2v) is 9.14. The zero-order chi connectivity index (χ0) is 17.3. The van der Waals surface area contributed by atoms with Crippen molar-refractivity contribution in [2.75, 3.05) is 36.5 Å². The van der Waals surface area contributed by atoms with Crippen molar-refractivity contribution in [3.05, 3.63) is 18.0 Å². The molecule has 0 spiro atoms. The van der Waals surface area contributed by atoms with E-state index < -0.39 is 9.84 Å². The molecule has 2 fully saturated rings. The molecular weight excluding hydrogens is 328 g/mol. The van der Waals surface area contributed by atoms with E-state index in [-0.39, 0.29) is 23.5 Å². The van der Waals surface area contributed by atoms with Crippen LogP contribution in [-0.2, 0) is 9.84 Å². The van der Waals surface area contributed by atoms with Gasteiger partial charge in [0.05, 0.1) is 11.5 Å². The smallest absolute Gasteiger partial charge is 0.272 e. The zero-order valence-corrected chi connectivity index (χ0v) is 15.0. The summed E-state index contributed by atoms with van der Waals surface area (Å²) in [5.74, 6) is 1.17. The molecule has 1 aromatic heterocycles. The van der Waals surface area contributed by atoms with Crippen LogP contribution in [0.3, 0.4) is 0 Å². The fourth-order valence-corrected chi connectivity index (χ4v) is 5.19. The molecule has 2 aliphatic rings. The normalized spacial score (nSPS) is 26.3. The fourth-order valence-electron chi connectivity index (χ4n) is 3.42. The molecule has 0 bridgehead atoms. The van der Waals surface area contributed by atoms with Crippen molar-refractivity contribution in [3.8, 4) is 0 Å². The molecule has 2 aliphatic heterocycles. The zero-order valence-electron chi connectivity index (χ0n) is 14.2. The Hall–Kier alpha value is -1.70. The van der Waals surface area contributed by atoms with E-state index in [0.717, 1.165) is 25.9 Å². The molecule has 0 N–H and O–H groups in total. The summed E-state index contributed by atoms with van der Waals surface area (Å²) in [6, 6.07) is 1.50. The highest BCUT2D eigenvalue weighted by Gasteiger charge is 2.32. The third-order valence-electron chi connectivity index (χ3n) is 4.88. The van der Waals surface area contributed by atoms with Crippen molar-refractivity contribution >= 4 is 21.7 Å². The maximum atomic E-state index is 12.7. The summed E-state index contributed by atoms with van der Waals surface area (Å²) in [5.41, 5.74) is 0.377. The molecule has 24 heavy (non-hydrogen) atoms. The van der Waals surface area contributed by atoms with E-state index in [4.69, 9.17) is 0 Å². The third kappa shape index (κ3) is 3.68. The average Bonchev–Trinajstić information content (AvgIpc) is 2.93. The van der Waals surface area contributed by atoms with Gasteiger partial charge in [-0.15, -0.1) is 0 Å². The Balaban J connectivity index is 1.75. The van der Waals surface area contributed by atoms with Crippen molar-refractivity contribution < 1.29 is 13.2 Å².